The van der Waals surface area contributed by atoms with Gasteiger partial charge in [0.05, 0.1) is 0 Å². The fourth-order valence-electron chi connectivity index (χ4n) is 2.84. The van der Waals surface area contributed by atoms with Crippen molar-refractivity contribution in [1.82, 2.24) is 10.2 Å². The van der Waals surface area contributed by atoms with Gasteiger partial charge in [0, 0.05) is 18.6 Å². The van der Waals surface area contributed by atoms with Crippen LogP contribution in [-0.2, 0) is 0 Å². The predicted octanol–water partition coefficient (Wildman–Crippen LogP) is 3.81. The van der Waals surface area contributed by atoms with Crippen LogP contribution in [0.5, 0.6) is 0 Å². The standard InChI is InChI=1S/C16H34N2/c1-4-5-6-7-8-11-15(2)17-14-16(3)18-12-9-10-13-18/h15-17H,4-14H2,1-3H3. The van der Waals surface area contributed by atoms with Crippen molar-refractivity contribution in [2.75, 3.05) is 19.6 Å². The Hall–Kier alpha value is -0.0800. The van der Waals surface area contributed by atoms with E-state index in [-0.39, 0.29) is 0 Å². The average Bonchev–Trinajstić information content (AvgIpc) is 2.89. The van der Waals surface area contributed by atoms with Gasteiger partial charge in [-0.1, -0.05) is 39.0 Å². The van der Waals surface area contributed by atoms with E-state index in [0.29, 0.717) is 6.04 Å². The zero-order chi connectivity index (χ0) is 13.2. The summed E-state index contributed by atoms with van der Waals surface area (Å²) >= 11 is 0. The van der Waals surface area contributed by atoms with Crippen molar-refractivity contribution < 1.29 is 0 Å². The van der Waals surface area contributed by atoms with Crippen LogP contribution in [0, 0.1) is 0 Å². The van der Waals surface area contributed by atoms with Crippen LogP contribution in [0.4, 0.5) is 0 Å². The molecule has 2 atom stereocenters. The zero-order valence-electron chi connectivity index (χ0n) is 12.9. The first-order valence-corrected chi connectivity index (χ1v) is 8.21. The van der Waals surface area contributed by atoms with E-state index in [2.05, 4.69) is 31.0 Å². The molecule has 0 aromatic carbocycles. The smallest absolute Gasteiger partial charge is 0.0192 e. The quantitative estimate of drug-likeness (QED) is 0.596. The predicted molar refractivity (Wildman–Crippen MR) is 81.1 cm³/mol. The Balaban J connectivity index is 1.96. The highest BCUT2D eigenvalue weighted by Gasteiger charge is 2.17. The lowest BCUT2D eigenvalue weighted by Crippen LogP contribution is -2.41. The molecule has 1 aliphatic rings. The van der Waals surface area contributed by atoms with Gasteiger partial charge in [0.2, 0.25) is 0 Å². The Bertz CT molecular complexity index is 188. The summed E-state index contributed by atoms with van der Waals surface area (Å²) in [7, 11) is 0. The van der Waals surface area contributed by atoms with E-state index < -0.39 is 0 Å². The molecule has 108 valence electrons. The summed E-state index contributed by atoms with van der Waals surface area (Å²) in [6.45, 7) is 10.8. The number of nitrogens with one attached hydrogen (secondary N) is 1. The van der Waals surface area contributed by atoms with Gasteiger partial charge in [-0.3, -0.25) is 4.90 Å². The van der Waals surface area contributed by atoms with E-state index in [1.165, 1.54) is 64.5 Å². The fourth-order valence-corrected chi connectivity index (χ4v) is 2.84. The normalized spacial score (nSPS) is 20.2. The molecule has 18 heavy (non-hydrogen) atoms. The number of nitrogens with zero attached hydrogens (tertiary/aromatic N) is 1. The molecule has 1 saturated heterocycles. The topological polar surface area (TPSA) is 15.3 Å². The minimum atomic E-state index is 0.691. The second kappa shape index (κ2) is 9.80. The van der Waals surface area contributed by atoms with Crippen molar-refractivity contribution in [2.45, 2.75) is 84.2 Å². The van der Waals surface area contributed by atoms with Crippen molar-refractivity contribution in [2.24, 2.45) is 0 Å². The molecule has 1 fully saturated rings. The molecule has 1 N–H and O–H groups in total. The van der Waals surface area contributed by atoms with E-state index in [1.54, 1.807) is 0 Å². The zero-order valence-corrected chi connectivity index (χ0v) is 12.9. The minimum absolute atomic E-state index is 0.691. The Kier molecular flexibility index (Phi) is 8.70. The molecule has 2 nitrogen and oxygen atoms in total. The first-order chi connectivity index (χ1) is 8.74. The second-order valence-corrected chi connectivity index (χ2v) is 6.10. The van der Waals surface area contributed by atoms with Crippen molar-refractivity contribution in [3.8, 4) is 0 Å². The highest BCUT2D eigenvalue weighted by Crippen LogP contribution is 2.11. The van der Waals surface area contributed by atoms with Gasteiger partial charge in [-0.05, 0) is 46.2 Å². The van der Waals surface area contributed by atoms with E-state index in [9.17, 15) is 0 Å². The summed E-state index contributed by atoms with van der Waals surface area (Å²) in [5, 5.41) is 3.71. The van der Waals surface area contributed by atoms with Gasteiger partial charge in [0.1, 0.15) is 0 Å². The SMILES string of the molecule is CCCCCCCC(C)NCC(C)N1CCCC1. The van der Waals surface area contributed by atoms with Gasteiger partial charge in [-0.15, -0.1) is 0 Å². The van der Waals surface area contributed by atoms with Crippen LogP contribution in [-0.4, -0.2) is 36.6 Å². The van der Waals surface area contributed by atoms with Crippen LogP contribution in [0.15, 0.2) is 0 Å². The van der Waals surface area contributed by atoms with E-state index in [4.69, 9.17) is 0 Å². The molecule has 0 aromatic heterocycles. The molecular weight excluding hydrogens is 220 g/mol. The number of unbranched alkanes of at least 4 members (excludes halogenated alkanes) is 4. The summed E-state index contributed by atoms with van der Waals surface area (Å²) in [6.07, 6.45) is 11.1. The number of likely N-dealkylation sites (tertiary alicyclic amines) is 1. The molecule has 0 aromatic rings. The van der Waals surface area contributed by atoms with Crippen LogP contribution in [0.2, 0.25) is 0 Å². The third kappa shape index (κ3) is 6.75. The van der Waals surface area contributed by atoms with Gasteiger partial charge in [0.25, 0.3) is 0 Å². The maximum Gasteiger partial charge on any atom is 0.0192 e. The lowest BCUT2D eigenvalue weighted by Gasteiger charge is -2.25. The highest BCUT2D eigenvalue weighted by atomic mass is 15.2. The first-order valence-electron chi connectivity index (χ1n) is 8.21. The molecular formula is C16H34N2. The van der Waals surface area contributed by atoms with Crippen molar-refractivity contribution in [3.63, 3.8) is 0 Å². The van der Waals surface area contributed by atoms with Crippen LogP contribution < -0.4 is 5.32 Å². The lowest BCUT2D eigenvalue weighted by molar-refractivity contribution is 0.245. The molecule has 2 heteroatoms. The molecule has 1 aliphatic heterocycles. The van der Waals surface area contributed by atoms with Gasteiger partial charge in [-0.25, -0.2) is 0 Å². The summed E-state index contributed by atoms with van der Waals surface area (Å²) in [4.78, 5) is 2.63. The monoisotopic (exact) mass is 254 g/mol. The maximum atomic E-state index is 3.71. The molecule has 0 amide bonds. The van der Waals surface area contributed by atoms with Crippen LogP contribution in [0.25, 0.3) is 0 Å². The van der Waals surface area contributed by atoms with Gasteiger partial charge < -0.3 is 5.32 Å². The first kappa shape index (κ1) is 16.0. The van der Waals surface area contributed by atoms with E-state index in [1.807, 2.05) is 0 Å². The summed E-state index contributed by atoms with van der Waals surface area (Å²) in [6, 6.07) is 1.41. The maximum absolute atomic E-state index is 3.71. The Morgan fingerprint density at radius 1 is 1.00 bits per heavy atom. The van der Waals surface area contributed by atoms with Crippen LogP contribution >= 0.6 is 0 Å². The van der Waals surface area contributed by atoms with Crippen molar-refractivity contribution >= 4 is 0 Å². The number of hydrogen-bond acceptors (Lipinski definition) is 2. The molecule has 0 saturated carbocycles. The molecule has 1 heterocycles. The van der Waals surface area contributed by atoms with Crippen LogP contribution in [0.3, 0.4) is 0 Å². The average molecular weight is 254 g/mol. The molecule has 0 aliphatic carbocycles. The van der Waals surface area contributed by atoms with Gasteiger partial charge in [0.15, 0.2) is 0 Å². The molecule has 0 spiro atoms. The summed E-state index contributed by atoms with van der Waals surface area (Å²) < 4.78 is 0. The second-order valence-electron chi connectivity index (χ2n) is 6.10. The Morgan fingerprint density at radius 2 is 1.67 bits per heavy atom. The van der Waals surface area contributed by atoms with Crippen molar-refractivity contribution in [1.29, 1.82) is 0 Å². The summed E-state index contributed by atoms with van der Waals surface area (Å²) in [5.41, 5.74) is 0. The molecule has 1 rings (SSSR count). The number of hydrogen-bond donors (Lipinski definition) is 1. The fraction of sp³-hybridized carbons (Fsp3) is 1.00. The molecule has 2 unspecified atom stereocenters. The lowest BCUT2D eigenvalue weighted by atomic mass is 10.1. The third-order valence-electron chi connectivity index (χ3n) is 4.27. The summed E-state index contributed by atoms with van der Waals surface area (Å²) in [5.74, 6) is 0. The van der Waals surface area contributed by atoms with E-state index in [0.717, 1.165) is 12.6 Å². The minimum Gasteiger partial charge on any atom is -0.313 e. The van der Waals surface area contributed by atoms with E-state index >= 15 is 0 Å². The Morgan fingerprint density at radius 3 is 2.33 bits per heavy atom. The molecule has 0 bridgehead atoms. The largest absolute Gasteiger partial charge is 0.313 e. The molecule has 0 radical (unpaired) electrons. The van der Waals surface area contributed by atoms with Gasteiger partial charge in [-0.2, -0.15) is 0 Å². The third-order valence-corrected chi connectivity index (χ3v) is 4.27. The van der Waals surface area contributed by atoms with Crippen molar-refractivity contribution in [3.05, 3.63) is 0 Å². The van der Waals surface area contributed by atoms with Crippen LogP contribution in [0.1, 0.15) is 72.1 Å². The number of rotatable bonds is 10. The highest BCUT2D eigenvalue weighted by molar-refractivity contribution is 4.75. The van der Waals surface area contributed by atoms with Gasteiger partial charge >= 0.3 is 0 Å². The Labute approximate surface area is 115 Å².